The molecule has 7 heteroatoms. The fourth-order valence-electron chi connectivity index (χ4n) is 2.53. The zero-order chi connectivity index (χ0) is 16.0. The maximum atomic E-state index is 12.6. The molecule has 1 atom stereocenters. The molecule has 0 spiro atoms. The van der Waals surface area contributed by atoms with Crippen molar-refractivity contribution < 1.29 is 9.59 Å². The highest BCUT2D eigenvalue weighted by atomic mass is 35.5. The number of rotatable bonds is 2. The Morgan fingerprint density at radius 3 is 2.68 bits per heavy atom. The lowest BCUT2D eigenvalue weighted by molar-refractivity contribution is -0.117. The van der Waals surface area contributed by atoms with Crippen LogP contribution in [0.3, 0.4) is 0 Å². The summed E-state index contributed by atoms with van der Waals surface area (Å²) < 4.78 is 0. The Morgan fingerprint density at radius 1 is 1.36 bits per heavy atom. The Labute approximate surface area is 141 Å². The van der Waals surface area contributed by atoms with Crippen molar-refractivity contribution in [1.29, 1.82) is 0 Å². The first-order chi connectivity index (χ1) is 10.4. The van der Waals surface area contributed by atoms with E-state index in [-0.39, 0.29) is 0 Å². The summed E-state index contributed by atoms with van der Waals surface area (Å²) in [5, 5.41) is 0.480. The molecule has 1 aliphatic rings. The lowest BCUT2D eigenvalue weighted by atomic mass is 9.96. The van der Waals surface area contributed by atoms with Gasteiger partial charge in [-0.3, -0.25) is 4.79 Å². The number of carbonyl (C=O) groups excluding carboxylic acids is 2. The number of hydrogen-bond donors (Lipinski definition) is 1. The number of nitrogens with two attached hydrogens (primary N) is 1. The van der Waals surface area contributed by atoms with Crippen LogP contribution < -0.4 is 10.6 Å². The van der Waals surface area contributed by atoms with E-state index in [1.54, 1.807) is 18.2 Å². The lowest BCUT2D eigenvalue weighted by Crippen LogP contribution is -2.40. The van der Waals surface area contributed by atoms with E-state index in [0.717, 1.165) is 14.7 Å². The first kappa shape index (κ1) is 15.1. The molecule has 112 valence electrons. The van der Waals surface area contributed by atoms with E-state index in [4.69, 9.17) is 29.6 Å². The van der Waals surface area contributed by atoms with Gasteiger partial charge < -0.3 is 5.73 Å². The van der Waals surface area contributed by atoms with Crippen molar-refractivity contribution in [2.45, 2.75) is 12.8 Å². The molecule has 3 amide bonds. The van der Waals surface area contributed by atoms with Gasteiger partial charge in [-0.15, -0.1) is 11.3 Å². The number of thiophene rings is 1. The number of benzene rings is 1. The number of fused-ring (bicyclic) bond motifs is 1. The summed E-state index contributed by atoms with van der Waals surface area (Å²) in [4.78, 5) is 27.6. The first-order valence-electron chi connectivity index (χ1n) is 6.43. The fourth-order valence-corrected chi connectivity index (χ4v) is 3.97. The monoisotopic (exact) mass is 350 g/mol. The molecule has 1 aliphatic heterocycles. The van der Waals surface area contributed by atoms with Gasteiger partial charge in [-0.25, -0.2) is 9.69 Å². The van der Waals surface area contributed by atoms with Crippen LogP contribution in [0.5, 0.6) is 0 Å². The third kappa shape index (κ3) is 2.33. The molecule has 0 saturated heterocycles. The number of thiocarbonyl (C=S) groups is 1. The zero-order valence-electron chi connectivity index (χ0n) is 11.5. The second-order valence-electron chi connectivity index (χ2n) is 4.92. The molecule has 1 aromatic heterocycles. The van der Waals surface area contributed by atoms with Gasteiger partial charge in [0.15, 0.2) is 0 Å². The summed E-state index contributed by atoms with van der Waals surface area (Å²) in [5.74, 6) is -1.14. The van der Waals surface area contributed by atoms with Crippen LogP contribution >= 0.6 is 35.2 Å². The topological polar surface area (TPSA) is 63.4 Å². The molecule has 2 N–H and O–H groups in total. The van der Waals surface area contributed by atoms with E-state index < -0.39 is 17.9 Å². The zero-order valence-corrected chi connectivity index (χ0v) is 13.9. The molecule has 22 heavy (non-hydrogen) atoms. The van der Waals surface area contributed by atoms with Crippen molar-refractivity contribution >= 4 is 57.6 Å². The molecule has 0 fully saturated rings. The summed E-state index contributed by atoms with van der Waals surface area (Å²) in [7, 11) is 0. The van der Waals surface area contributed by atoms with Crippen LogP contribution in [0.15, 0.2) is 30.3 Å². The first-order valence-corrected chi connectivity index (χ1v) is 8.04. The number of primary amides is 1. The minimum Gasteiger partial charge on any atom is -0.351 e. The van der Waals surface area contributed by atoms with E-state index in [2.05, 4.69) is 0 Å². The third-order valence-corrected chi connectivity index (χ3v) is 5.33. The summed E-state index contributed by atoms with van der Waals surface area (Å²) in [5.41, 5.74) is 6.40. The molecular formula is C15H11ClN2O2S2. The summed E-state index contributed by atoms with van der Waals surface area (Å²) in [6.45, 7) is 1.97. The summed E-state index contributed by atoms with van der Waals surface area (Å²) >= 11 is 13.0. The number of imide groups is 1. The van der Waals surface area contributed by atoms with Crippen molar-refractivity contribution in [2.24, 2.45) is 5.73 Å². The van der Waals surface area contributed by atoms with Gasteiger partial charge in [0.25, 0.3) is 0 Å². The highest BCUT2D eigenvalue weighted by Gasteiger charge is 2.42. The summed E-state index contributed by atoms with van der Waals surface area (Å²) in [6, 6.07) is 7.90. The number of urea groups is 1. The van der Waals surface area contributed by atoms with Crippen molar-refractivity contribution in [2.75, 3.05) is 4.90 Å². The van der Waals surface area contributed by atoms with Gasteiger partial charge in [0.1, 0.15) is 5.92 Å². The average molecular weight is 351 g/mol. The maximum absolute atomic E-state index is 12.6. The number of halogens is 1. The molecule has 1 unspecified atom stereocenters. The Balaban J connectivity index is 2.12. The smallest absolute Gasteiger partial charge is 0.326 e. The normalized spacial score (nSPS) is 16.7. The maximum Gasteiger partial charge on any atom is 0.326 e. The Kier molecular flexibility index (Phi) is 3.76. The van der Waals surface area contributed by atoms with E-state index in [0.29, 0.717) is 21.1 Å². The van der Waals surface area contributed by atoms with Crippen molar-refractivity contribution in [3.63, 3.8) is 0 Å². The predicted octanol–water partition coefficient (Wildman–Crippen LogP) is 3.64. The van der Waals surface area contributed by atoms with E-state index in [9.17, 15) is 9.59 Å². The predicted molar refractivity (Wildman–Crippen MR) is 92.0 cm³/mol. The molecule has 0 aliphatic carbocycles. The van der Waals surface area contributed by atoms with E-state index in [1.807, 2.05) is 19.1 Å². The van der Waals surface area contributed by atoms with E-state index >= 15 is 0 Å². The van der Waals surface area contributed by atoms with Gasteiger partial charge in [0.2, 0.25) is 5.91 Å². The number of aryl methyl sites for hydroxylation is 1. The number of anilines is 1. The number of carbonyl (C=O) groups is 2. The van der Waals surface area contributed by atoms with Crippen LogP contribution in [0, 0.1) is 6.92 Å². The lowest BCUT2D eigenvalue weighted by Gasteiger charge is -2.12. The minimum absolute atomic E-state index is 0.430. The highest BCUT2D eigenvalue weighted by molar-refractivity contribution is 7.81. The van der Waals surface area contributed by atoms with Crippen LogP contribution in [0.1, 0.15) is 21.2 Å². The molecule has 0 bridgehead atoms. The molecular weight excluding hydrogens is 340 g/mol. The minimum atomic E-state index is -0.818. The van der Waals surface area contributed by atoms with Gasteiger partial charge in [-0.2, -0.15) is 0 Å². The van der Waals surface area contributed by atoms with Crippen molar-refractivity contribution in [1.82, 2.24) is 0 Å². The van der Waals surface area contributed by atoms with Crippen molar-refractivity contribution in [3.8, 4) is 0 Å². The molecule has 2 heterocycles. The SMILES string of the molecule is Cc1ccc(C(=S)C2C(=O)N(C(N)=O)c3ccc(Cl)cc32)s1. The van der Waals surface area contributed by atoms with E-state index in [1.165, 1.54) is 11.3 Å². The molecule has 1 aromatic carbocycles. The largest absolute Gasteiger partial charge is 0.351 e. The Morgan fingerprint density at radius 2 is 2.09 bits per heavy atom. The van der Waals surface area contributed by atoms with Crippen LogP contribution in [0.4, 0.5) is 10.5 Å². The highest BCUT2D eigenvalue weighted by Crippen LogP contribution is 2.41. The van der Waals surface area contributed by atoms with Crippen LogP contribution in [-0.2, 0) is 4.79 Å². The molecule has 2 aromatic rings. The standard InChI is InChI=1S/C15H11ClN2O2S2/c1-7-2-5-11(22-7)13(21)12-9-6-8(16)3-4-10(9)18(14(12)19)15(17)20/h2-6,12H,1H3,(H2,17,20). The fraction of sp³-hybridized carbons (Fsp3) is 0.133. The molecule has 4 nitrogen and oxygen atoms in total. The number of nitrogens with zero attached hydrogens (tertiary/aromatic N) is 1. The molecule has 0 saturated carbocycles. The summed E-state index contributed by atoms with van der Waals surface area (Å²) in [6.07, 6.45) is 0. The van der Waals surface area contributed by atoms with Crippen LogP contribution in [-0.4, -0.2) is 16.8 Å². The number of hydrogen-bond acceptors (Lipinski definition) is 4. The quantitative estimate of drug-likeness (QED) is 0.664. The van der Waals surface area contributed by atoms with Gasteiger partial charge in [0.05, 0.1) is 5.69 Å². The van der Waals surface area contributed by atoms with Gasteiger partial charge in [-0.05, 0) is 42.8 Å². The molecule has 0 radical (unpaired) electrons. The second kappa shape index (κ2) is 5.46. The Hall–Kier alpha value is -1.76. The molecule has 3 rings (SSSR count). The van der Waals surface area contributed by atoms with Gasteiger partial charge in [0, 0.05) is 19.6 Å². The third-order valence-electron chi connectivity index (χ3n) is 3.47. The number of amides is 3. The second-order valence-corrected chi connectivity index (χ2v) is 7.09. The van der Waals surface area contributed by atoms with Crippen LogP contribution in [0.2, 0.25) is 5.02 Å². The van der Waals surface area contributed by atoms with Gasteiger partial charge in [-0.1, -0.05) is 23.8 Å². The van der Waals surface area contributed by atoms with Crippen LogP contribution in [0.25, 0.3) is 0 Å². The Bertz CT molecular complexity index is 816. The van der Waals surface area contributed by atoms with Crippen molar-refractivity contribution in [3.05, 3.63) is 50.7 Å². The average Bonchev–Trinajstić information content (AvgIpc) is 2.98. The van der Waals surface area contributed by atoms with Gasteiger partial charge >= 0.3 is 6.03 Å².